The van der Waals surface area contributed by atoms with E-state index in [1.54, 1.807) is 12.4 Å². The number of hydrogen-bond donors (Lipinski definition) is 0. The zero-order valence-electron chi connectivity index (χ0n) is 21.6. The summed E-state index contributed by atoms with van der Waals surface area (Å²) >= 11 is 0. The molecular formula is C28H46N2O2Si. The van der Waals surface area contributed by atoms with Gasteiger partial charge in [-0.15, -0.1) is 0 Å². The van der Waals surface area contributed by atoms with Crippen molar-refractivity contribution >= 4 is 8.07 Å². The molecule has 0 atom stereocenters. The lowest BCUT2D eigenvalue weighted by molar-refractivity contribution is 0.302. The molecule has 0 aliphatic heterocycles. The maximum absolute atomic E-state index is 5.91. The van der Waals surface area contributed by atoms with Crippen molar-refractivity contribution in [2.75, 3.05) is 13.2 Å². The predicted octanol–water partition coefficient (Wildman–Crippen LogP) is 8.55. The average molecular weight is 471 g/mol. The molecule has 5 heteroatoms. The minimum Gasteiger partial charge on any atom is -0.494 e. The van der Waals surface area contributed by atoms with Gasteiger partial charge in [0.15, 0.2) is 11.6 Å². The van der Waals surface area contributed by atoms with Gasteiger partial charge in [0, 0.05) is 13.6 Å². The van der Waals surface area contributed by atoms with Crippen LogP contribution in [-0.4, -0.2) is 31.3 Å². The summed E-state index contributed by atoms with van der Waals surface area (Å²) in [5, 5.41) is 0. The zero-order chi connectivity index (χ0) is 23.8. The van der Waals surface area contributed by atoms with E-state index in [9.17, 15) is 0 Å². The molecule has 1 aromatic heterocycles. The smallest absolute Gasteiger partial charge is 0.159 e. The van der Waals surface area contributed by atoms with E-state index in [0.717, 1.165) is 43.1 Å². The number of unbranched alkanes of at least 4 members (excludes halogenated alkanes) is 9. The van der Waals surface area contributed by atoms with Crippen LogP contribution < -0.4 is 9.47 Å². The summed E-state index contributed by atoms with van der Waals surface area (Å²) in [7, 11) is -0.838. The number of rotatable bonds is 18. The summed E-state index contributed by atoms with van der Waals surface area (Å²) in [5.74, 6) is 2.36. The maximum Gasteiger partial charge on any atom is 0.159 e. The molecule has 184 valence electrons. The molecular weight excluding hydrogens is 424 g/mol. The molecule has 0 fully saturated rings. The van der Waals surface area contributed by atoms with E-state index in [2.05, 4.69) is 36.5 Å². The molecule has 0 unspecified atom stereocenters. The fourth-order valence-electron chi connectivity index (χ4n) is 3.79. The number of hydrogen-bond acceptors (Lipinski definition) is 4. The Balaban J connectivity index is 1.57. The summed E-state index contributed by atoms with van der Waals surface area (Å²) in [6.07, 6.45) is 17.6. The first-order chi connectivity index (χ1) is 16.0. The Morgan fingerprint density at radius 3 is 1.73 bits per heavy atom. The zero-order valence-corrected chi connectivity index (χ0v) is 22.6. The van der Waals surface area contributed by atoms with Crippen LogP contribution in [0.15, 0.2) is 36.7 Å². The summed E-state index contributed by atoms with van der Waals surface area (Å²) in [4.78, 5) is 8.91. The van der Waals surface area contributed by atoms with Gasteiger partial charge in [0.2, 0.25) is 0 Å². The Hall–Kier alpha value is -1.88. The number of nitrogens with zero attached hydrogens (tertiary/aromatic N) is 2. The second-order valence-electron chi connectivity index (χ2n) is 10.3. The van der Waals surface area contributed by atoms with Gasteiger partial charge in [-0.2, -0.15) is 0 Å². The normalized spacial score (nSPS) is 11.5. The Labute approximate surface area is 203 Å². The standard InChI is InChI=1S/C28H46N2O2Si/c1-5-6-7-13-21-32-27-23-29-28(30-24-27)25-16-18-26(19-17-25)31-20-14-11-9-8-10-12-15-22-33(2,3)4/h16-19,23-24H,5-15,20-22H2,1-4H3. The molecule has 0 saturated carbocycles. The largest absolute Gasteiger partial charge is 0.494 e. The molecule has 0 saturated heterocycles. The van der Waals surface area contributed by atoms with E-state index in [-0.39, 0.29) is 0 Å². The predicted molar refractivity (Wildman–Crippen MR) is 143 cm³/mol. The van der Waals surface area contributed by atoms with Crippen molar-refractivity contribution in [1.29, 1.82) is 0 Å². The molecule has 2 rings (SSSR count). The second kappa shape index (κ2) is 15.9. The van der Waals surface area contributed by atoms with Crippen molar-refractivity contribution in [2.24, 2.45) is 0 Å². The Bertz CT molecular complexity index is 742. The van der Waals surface area contributed by atoms with Gasteiger partial charge >= 0.3 is 0 Å². The lowest BCUT2D eigenvalue weighted by Crippen LogP contribution is -2.18. The third kappa shape index (κ3) is 12.8. The topological polar surface area (TPSA) is 44.2 Å². The fraction of sp³-hybridized carbons (Fsp3) is 0.643. The minimum absolute atomic E-state index is 0.713. The van der Waals surface area contributed by atoms with Crippen molar-refractivity contribution in [2.45, 2.75) is 103 Å². The summed E-state index contributed by atoms with van der Waals surface area (Å²) in [5.41, 5.74) is 0.992. The van der Waals surface area contributed by atoms with Gasteiger partial charge < -0.3 is 9.47 Å². The summed E-state index contributed by atoms with van der Waals surface area (Å²) in [6.45, 7) is 11.1. The quantitative estimate of drug-likeness (QED) is 0.162. The van der Waals surface area contributed by atoms with E-state index in [1.807, 2.05) is 24.3 Å². The number of benzene rings is 1. The first kappa shape index (κ1) is 27.4. The van der Waals surface area contributed by atoms with Crippen molar-refractivity contribution < 1.29 is 9.47 Å². The molecule has 0 N–H and O–H groups in total. The third-order valence-corrected chi connectivity index (χ3v) is 7.70. The molecule has 0 aliphatic carbocycles. The lowest BCUT2D eigenvalue weighted by Gasteiger charge is -2.14. The molecule has 1 aromatic carbocycles. The molecule has 33 heavy (non-hydrogen) atoms. The van der Waals surface area contributed by atoms with Crippen LogP contribution in [0.25, 0.3) is 11.4 Å². The molecule has 4 nitrogen and oxygen atoms in total. The van der Waals surface area contributed by atoms with Crippen molar-refractivity contribution in [3.05, 3.63) is 36.7 Å². The van der Waals surface area contributed by atoms with Crippen LogP contribution >= 0.6 is 0 Å². The Kier molecular flexibility index (Phi) is 13.2. The van der Waals surface area contributed by atoms with E-state index in [1.165, 1.54) is 63.8 Å². The fourth-order valence-corrected chi connectivity index (χ4v) is 5.10. The highest BCUT2D eigenvalue weighted by Gasteiger charge is 2.11. The van der Waals surface area contributed by atoms with Crippen molar-refractivity contribution in [3.8, 4) is 22.9 Å². The molecule has 0 bridgehead atoms. The van der Waals surface area contributed by atoms with Crippen LogP contribution in [0, 0.1) is 0 Å². The minimum atomic E-state index is -0.838. The second-order valence-corrected chi connectivity index (χ2v) is 15.9. The Morgan fingerprint density at radius 1 is 0.636 bits per heavy atom. The summed E-state index contributed by atoms with van der Waals surface area (Å²) < 4.78 is 11.6. The van der Waals surface area contributed by atoms with Gasteiger partial charge in [-0.25, -0.2) is 9.97 Å². The first-order valence-corrected chi connectivity index (χ1v) is 16.9. The monoisotopic (exact) mass is 470 g/mol. The first-order valence-electron chi connectivity index (χ1n) is 13.2. The van der Waals surface area contributed by atoms with Gasteiger partial charge in [0.1, 0.15) is 5.75 Å². The van der Waals surface area contributed by atoms with Gasteiger partial charge in [-0.1, -0.05) is 90.4 Å². The highest BCUT2D eigenvalue weighted by Crippen LogP contribution is 2.21. The van der Waals surface area contributed by atoms with Crippen LogP contribution in [0.1, 0.15) is 77.6 Å². The average Bonchev–Trinajstić information content (AvgIpc) is 2.80. The molecule has 2 aromatic rings. The van der Waals surface area contributed by atoms with Crippen LogP contribution in [0.4, 0.5) is 0 Å². The van der Waals surface area contributed by atoms with E-state index in [0.29, 0.717) is 5.82 Å². The molecule has 0 radical (unpaired) electrons. The summed E-state index contributed by atoms with van der Waals surface area (Å²) in [6, 6.07) is 9.54. The number of aromatic nitrogens is 2. The van der Waals surface area contributed by atoms with Gasteiger partial charge in [0.25, 0.3) is 0 Å². The van der Waals surface area contributed by atoms with E-state index in [4.69, 9.17) is 9.47 Å². The van der Waals surface area contributed by atoms with Crippen LogP contribution in [0.2, 0.25) is 25.7 Å². The molecule has 1 heterocycles. The molecule has 0 aliphatic rings. The molecule has 0 spiro atoms. The van der Waals surface area contributed by atoms with Crippen molar-refractivity contribution in [1.82, 2.24) is 9.97 Å². The van der Waals surface area contributed by atoms with E-state index < -0.39 is 8.07 Å². The van der Waals surface area contributed by atoms with Crippen LogP contribution in [-0.2, 0) is 0 Å². The van der Waals surface area contributed by atoms with Crippen molar-refractivity contribution in [3.63, 3.8) is 0 Å². The van der Waals surface area contributed by atoms with Crippen LogP contribution in [0.5, 0.6) is 11.5 Å². The lowest BCUT2D eigenvalue weighted by atomic mass is 10.1. The van der Waals surface area contributed by atoms with Gasteiger partial charge in [0.05, 0.1) is 25.6 Å². The highest BCUT2D eigenvalue weighted by atomic mass is 28.3. The SMILES string of the molecule is CCCCCCOc1cnc(-c2ccc(OCCCCCCCCC[Si](C)(C)C)cc2)nc1. The van der Waals surface area contributed by atoms with Gasteiger partial charge in [-0.05, 0) is 37.1 Å². The van der Waals surface area contributed by atoms with Crippen LogP contribution in [0.3, 0.4) is 0 Å². The van der Waals surface area contributed by atoms with E-state index >= 15 is 0 Å². The number of ether oxygens (including phenoxy) is 2. The maximum atomic E-state index is 5.91. The van der Waals surface area contributed by atoms with Gasteiger partial charge in [-0.3, -0.25) is 0 Å². The Morgan fingerprint density at radius 2 is 1.15 bits per heavy atom. The third-order valence-electron chi connectivity index (χ3n) is 5.85. The molecule has 0 amide bonds. The highest BCUT2D eigenvalue weighted by molar-refractivity contribution is 6.76.